The summed E-state index contributed by atoms with van der Waals surface area (Å²) in [6.07, 6.45) is 5.04. The summed E-state index contributed by atoms with van der Waals surface area (Å²) >= 11 is 0. The van der Waals surface area contributed by atoms with Gasteiger partial charge in [-0.2, -0.15) is 0 Å². The number of hydrogen-bond acceptors (Lipinski definition) is 3. The molecule has 0 fully saturated rings. The fourth-order valence-corrected chi connectivity index (χ4v) is 8.33. The van der Waals surface area contributed by atoms with Crippen molar-refractivity contribution in [2.75, 3.05) is 0 Å². The maximum absolute atomic E-state index is 13.2. The Morgan fingerprint density at radius 1 is 0.974 bits per heavy atom. The third-order valence-electron chi connectivity index (χ3n) is 10.4. The van der Waals surface area contributed by atoms with Crippen LogP contribution < -0.4 is 0 Å². The molecule has 3 aliphatic carbocycles. The van der Waals surface area contributed by atoms with Crippen LogP contribution >= 0.6 is 0 Å². The summed E-state index contributed by atoms with van der Waals surface area (Å²) < 4.78 is 0. The number of aliphatic hydroxyl groups excluding tert-OH is 1. The molecule has 0 amide bonds. The molecule has 3 heteroatoms. The quantitative estimate of drug-likeness (QED) is 0.403. The minimum absolute atomic E-state index is 0.0209. The molecular weight excluding hydrogens is 480 g/mol. The van der Waals surface area contributed by atoms with Crippen molar-refractivity contribution in [1.82, 2.24) is 0 Å². The van der Waals surface area contributed by atoms with E-state index in [1.165, 1.54) is 45.9 Å². The summed E-state index contributed by atoms with van der Waals surface area (Å²) in [4.78, 5) is 25.6. The normalized spacial score (nSPS) is 28.3. The molecule has 39 heavy (non-hydrogen) atoms. The number of aryl methyl sites for hydroxylation is 4. The predicted octanol–water partition coefficient (Wildman–Crippen LogP) is 8.16. The standard InChI is InChI=1S/C36H42O3/c1-21-12-15-26(16-13-21)10-9-11-27-17-14-22(2)30-23(3)32-24(4)36(8)33(39)31(25(5)37)29(38)19-35(36,7)20-34(32,6)18-28(27)30/h12-17,39H,3,9-11,18-20H2,1-2,4-8H3/t34-,35+,36+/m1/s1. The Bertz CT molecular complexity index is 1480. The lowest BCUT2D eigenvalue weighted by atomic mass is 9.43. The summed E-state index contributed by atoms with van der Waals surface area (Å²) in [5.74, 6) is -0.644. The number of Topliss-reactive ketones (excluding diaryl/α,β-unsaturated/α-hetero) is 2. The number of hydrogen-bond donors (Lipinski definition) is 1. The van der Waals surface area contributed by atoms with Crippen molar-refractivity contribution in [2.45, 2.75) is 87.0 Å². The summed E-state index contributed by atoms with van der Waals surface area (Å²) in [6.45, 7) is 18.9. The molecule has 3 atom stereocenters. The lowest BCUT2D eigenvalue weighted by Gasteiger charge is -2.60. The molecule has 5 rings (SSSR count). The average Bonchev–Trinajstić information content (AvgIpc) is 2.83. The van der Waals surface area contributed by atoms with Crippen LogP contribution in [0.25, 0.3) is 5.57 Å². The maximum atomic E-state index is 13.2. The number of ketones is 2. The van der Waals surface area contributed by atoms with Crippen LogP contribution in [0.5, 0.6) is 0 Å². The van der Waals surface area contributed by atoms with Crippen LogP contribution in [-0.4, -0.2) is 16.7 Å². The maximum Gasteiger partial charge on any atom is 0.170 e. The van der Waals surface area contributed by atoms with Gasteiger partial charge in [-0.05, 0) is 117 Å². The van der Waals surface area contributed by atoms with Crippen molar-refractivity contribution in [3.05, 3.63) is 98.8 Å². The van der Waals surface area contributed by atoms with E-state index in [4.69, 9.17) is 0 Å². The lowest BCUT2D eigenvalue weighted by Crippen LogP contribution is -2.54. The zero-order valence-corrected chi connectivity index (χ0v) is 24.7. The van der Waals surface area contributed by atoms with Gasteiger partial charge in [0.1, 0.15) is 5.76 Å². The van der Waals surface area contributed by atoms with E-state index in [9.17, 15) is 14.7 Å². The first kappa shape index (κ1) is 27.4. The topological polar surface area (TPSA) is 54.4 Å². The molecule has 1 N–H and O–H groups in total. The second kappa shape index (κ2) is 9.18. The molecular formula is C36H42O3. The van der Waals surface area contributed by atoms with Crippen LogP contribution in [0, 0.1) is 30.1 Å². The number of fused-ring (bicyclic) bond motifs is 3. The summed E-state index contributed by atoms with van der Waals surface area (Å²) in [5, 5.41) is 11.5. The van der Waals surface area contributed by atoms with Crippen molar-refractivity contribution in [1.29, 1.82) is 0 Å². The molecule has 3 nitrogen and oxygen atoms in total. The molecule has 2 aromatic carbocycles. The van der Waals surface area contributed by atoms with Gasteiger partial charge in [0.2, 0.25) is 0 Å². The van der Waals surface area contributed by atoms with E-state index in [2.05, 4.69) is 77.6 Å². The number of allylic oxidation sites excluding steroid dienone is 4. The first-order chi connectivity index (χ1) is 18.2. The van der Waals surface area contributed by atoms with E-state index in [1.54, 1.807) is 0 Å². The monoisotopic (exact) mass is 522 g/mol. The highest BCUT2D eigenvalue weighted by Crippen LogP contribution is 2.68. The van der Waals surface area contributed by atoms with Gasteiger partial charge in [0.05, 0.1) is 11.0 Å². The minimum atomic E-state index is -0.795. The Balaban J connectivity index is 1.59. The van der Waals surface area contributed by atoms with Gasteiger partial charge >= 0.3 is 0 Å². The van der Waals surface area contributed by atoms with Gasteiger partial charge in [-0.1, -0.05) is 68.0 Å². The molecule has 0 spiro atoms. The van der Waals surface area contributed by atoms with Crippen LogP contribution in [0.1, 0.15) is 87.3 Å². The van der Waals surface area contributed by atoms with E-state index in [1.807, 2.05) is 6.92 Å². The zero-order valence-electron chi connectivity index (χ0n) is 24.7. The predicted molar refractivity (Wildman–Crippen MR) is 159 cm³/mol. The number of aliphatic hydroxyl groups is 1. The van der Waals surface area contributed by atoms with Gasteiger partial charge in [-0.25, -0.2) is 0 Å². The van der Waals surface area contributed by atoms with Crippen molar-refractivity contribution in [3.63, 3.8) is 0 Å². The number of carbonyl (C=O) groups excluding carboxylic acids is 2. The van der Waals surface area contributed by atoms with E-state index in [0.717, 1.165) is 43.3 Å². The fraction of sp³-hybridized carbons (Fsp3) is 0.444. The SMILES string of the molecule is C=C1C2=C(C)[C@@]3(C)C(O)=C(C(C)=O)C(=O)C[C@@]3(C)C[C@@]2(C)Cc2c(CCCc3ccc(C)cc3)ccc(C)c21. The summed E-state index contributed by atoms with van der Waals surface area (Å²) in [6, 6.07) is 13.4. The Morgan fingerprint density at radius 3 is 2.28 bits per heavy atom. The molecule has 0 radical (unpaired) electrons. The first-order valence-corrected chi connectivity index (χ1v) is 14.3. The smallest absolute Gasteiger partial charge is 0.170 e. The second-order valence-corrected chi connectivity index (χ2v) is 13.2. The van der Waals surface area contributed by atoms with Crippen molar-refractivity contribution < 1.29 is 14.7 Å². The molecule has 0 heterocycles. The number of carbonyl (C=O) groups is 2. The van der Waals surface area contributed by atoms with Gasteiger partial charge in [0, 0.05) is 6.42 Å². The van der Waals surface area contributed by atoms with Gasteiger partial charge in [0.25, 0.3) is 0 Å². The van der Waals surface area contributed by atoms with Gasteiger partial charge in [-0.15, -0.1) is 0 Å². The van der Waals surface area contributed by atoms with E-state index >= 15 is 0 Å². The van der Waals surface area contributed by atoms with E-state index in [0.29, 0.717) is 0 Å². The van der Waals surface area contributed by atoms with Crippen LogP contribution in [0.3, 0.4) is 0 Å². The number of benzene rings is 2. The van der Waals surface area contributed by atoms with E-state index in [-0.39, 0.29) is 34.7 Å². The van der Waals surface area contributed by atoms with Gasteiger partial charge in [-0.3, -0.25) is 9.59 Å². The van der Waals surface area contributed by atoms with Crippen LogP contribution in [0.4, 0.5) is 0 Å². The van der Waals surface area contributed by atoms with Crippen molar-refractivity contribution >= 4 is 17.1 Å². The van der Waals surface area contributed by atoms with Crippen molar-refractivity contribution in [3.8, 4) is 0 Å². The molecule has 0 unspecified atom stereocenters. The van der Waals surface area contributed by atoms with Crippen molar-refractivity contribution in [2.24, 2.45) is 16.2 Å². The molecule has 0 saturated carbocycles. The van der Waals surface area contributed by atoms with Gasteiger partial charge < -0.3 is 5.11 Å². The Kier molecular flexibility index (Phi) is 6.44. The largest absolute Gasteiger partial charge is 0.510 e. The Hall–Kier alpha value is -3.20. The molecule has 0 bridgehead atoms. The second-order valence-electron chi connectivity index (χ2n) is 13.2. The van der Waals surface area contributed by atoms with Crippen LogP contribution in [0.2, 0.25) is 0 Å². The van der Waals surface area contributed by atoms with Gasteiger partial charge in [0.15, 0.2) is 11.6 Å². The molecule has 0 saturated heterocycles. The molecule has 2 aromatic rings. The van der Waals surface area contributed by atoms with Crippen LogP contribution in [0.15, 0.2) is 65.5 Å². The Morgan fingerprint density at radius 2 is 1.64 bits per heavy atom. The summed E-state index contributed by atoms with van der Waals surface area (Å²) in [7, 11) is 0. The fourth-order valence-electron chi connectivity index (χ4n) is 8.33. The third-order valence-corrected chi connectivity index (χ3v) is 10.4. The molecule has 0 aromatic heterocycles. The molecule has 3 aliphatic rings. The minimum Gasteiger partial charge on any atom is -0.510 e. The van der Waals surface area contributed by atoms with Crippen LogP contribution in [-0.2, 0) is 28.9 Å². The van der Waals surface area contributed by atoms with E-state index < -0.39 is 10.8 Å². The third kappa shape index (κ3) is 4.00. The average molecular weight is 523 g/mol. The lowest BCUT2D eigenvalue weighted by molar-refractivity contribution is -0.127. The highest BCUT2D eigenvalue weighted by atomic mass is 16.3. The molecule has 0 aliphatic heterocycles. The highest BCUT2D eigenvalue weighted by molar-refractivity contribution is 6.20. The first-order valence-electron chi connectivity index (χ1n) is 14.3. The Labute approximate surface area is 233 Å². The number of rotatable bonds is 5. The highest BCUT2D eigenvalue weighted by Gasteiger charge is 2.62. The summed E-state index contributed by atoms with van der Waals surface area (Å²) in [5.41, 5.74) is 9.65. The molecule has 204 valence electrons. The zero-order chi connectivity index (χ0) is 28.5.